The Balaban J connectivity index is 1.70. The lowest BCUT2D eigenvalue weighted by atomic mass is 10.0. The predicted octanol–water partition coefficient (Wildman–Crippen LogP) is 2.69. The van der Waals surface area contributed by atoms with E-state index in [2.05, 4.69) is 31.8 Å². The highest BCUT2D eigenvalue weighted by atomic mass is 19.1. The Morgan fingerprint density at radius 3 is 2.61 bits per heavy atom. The van der Waals surface area contributed by atoms with Crippen molar-refractivity contribution in [3.8, 4) is 11.9 Å². The fraction of sp³-hybridized carbons (Fsp3) is 0.250. The average Bonchev–Trinajstić information content (AvgIpc) is 3.39. The Bertz CT molecular complexity index is 1620. The highest BCUT2D eigenvalue weighted by molar-refractivity contribution is 6.01. The topological polar surface area (TPSA) is 183 Å². The minimum Gasteiger partial charge on any atom is -0.387 e. The lowest BCUT2D eigenvalue weighted by molar-refractivity contribution is -0.00177. The Labute approximate surface area is 236 Å². The molecule has 1 unspecified atom stereocenters. The number of nitriles is 1. The number of hydrazine groups is 1. The molecule has 0 saturated carbocycles. The second-order valence-electron chi connectivity index (χ2n) is 9.79. The van der Waals surface area contributed by atoms with Gasteiger partial charge in [-0.25, -0.2) is 20.2 Å². The number of rotatable bonds is 9. The number of carbonyl (C=O) groups is 1. The van der Waals surface area contributed by atoms with Gasteiger partial charge in [-0.3, -0.25) is 14.4 Å². The molecule has 4 rings (SSSR count). The molecule has 13 heteroatoms. The van der Waals surface area contributed by atoms with Crippen LogP contribution in [0.1, 0.15) is 42.3 Å². The van der Waals surface area contributed by atoms with Gasteiger partial charge in [-0.05, 0) is 57.2 Å². The third-order valence-electron chi connectivity index (χ3n) is 6.40. The number of halogens is 1. The average molecular weight is 559 g/mol. The van der Waals surface area contributed by atoms with Crippen LogP contribution in [0.15, 0.2) is 66.2 Å². The van der Waals surface area contributed by atoms with Crippen LogP contribution in [0.4, 0.5) is 15.8 Å². The monoisotopic (exact) mass is 558 g/mol. The highest BCUT2D eigenvalue weighted by Crippen LogP contribution is 2.26. The molecule has 12 nitrogen and oxygen atoms in total. The van der Waals surface area contributed by atoms with E-state index < -0.39 is 17.7 Å². The largest absolute Gasteiger partial charge is 0.387 e. The summed E-state index contributed by atoms with van der Waals surface area (Å²) in [6.45, 7) is 4.64. The number of amidine groups is 1. The number of alkyl halides is 1. The van der Waals surface area contributed by atoms with Crippen LogP contribution in [0, 0.1) is 11.3 Å². The molecule has 3 heterocycles. The Morgan fingerprint density at radius 1 is 1.24 bits per heavy atom. The SMILES string of the molecule is CCN(N)/C(=N\N)c1ccc(Nc2cc(-n3ccc4cc(C#N)cnc43)ncc2C(=O)NCC(F)C(C)(C)O)cc1. The van der Waals surface area contributed by atoms with Crippen molar-refractivity contribution in [2.45, 2.75) is 32.5 Å². The van der Waals surface area contributed by atoms with Crippen molar-refractivity contribution in [3.63, 3.8) is 0 Å². The summed E-state index contributed by atoms with van der Waals surface area (Å²) in [6.07, 6.45) is 2.93. The van der Waals surface area contributed by atoms with E-state index in [4.69, 9.17) is 11.7 Å². The van der Waals surface area contributed by atoms with Crippen LogP contribution in [0.25, 0.3) is 16.9 Å². The zero-order valence-corrected chi connectivity index (χ0v) is 22.8. The summed E-state index contributed by atoms with van der Waals surface area (Å²) in [4.78, 5) is 22.0. The van der Waals surface area contributed by atoms with Gasteiger partial charge in [-0.1, -0.05) is 0 Å². The number of nitrogens with one attached hydrogen (secondary N) is 2. The number of hydrogen-bond acceptors (Lipinski definition) is 9. The summed E-state index contributed by atoms with van der Waals surface area (Å²) in [6, 6.07) is 14.4. The first-order valence-electron chi connectivity index (χ1n) is 12.8. The van der Waals surface area contributed by atoms with Gasteiger partial charge in [0, 0.05) is 47.8 Å². The van der Waals surface area contributed by atoms with E-state index in [1.165, 1.54) is 31.3 Å². The molecule has 41 heavy (non-hydrogen) atoms. The first-order chi connectivity index (χ1) is 19.5. The van der Waals surface area contributed by atoms with Gasteiger partial charge in [0.1, 0.15) is 23.7 Å². The van der Waals surface area contributed by atoms with Crippen molar-refractivity contribution in [1.82, 2.24) is 24.9 Å². The summed E-state index contributed by atoms with van der Waals surface area (Å²) >= 11 is 0. The number of hydrazone groups is 1. The van der Waals surface area contributed by atoms with Crippen LogP contribution in [-0.4, -0.2) is 61.3 Å². The lowest BCUT2D eigenvalue weighted by Gasteiger charge is -2.22. The summed E-state index contributed by atoms with van der Waals surface area (Å²) in [5.41, 5.74) is 1.25. The van der Waals surface area contributed by atoms with E-state index in [0.29, 0.717) is 46.3 Å². The molecular weight excluding hydrogens is 527 g/mol. The maximum atomic E-state index is 14.3. The Kier molecular flexibility index (Phi) is 8.46. The quantitative estimate of drug-likeness (QED) is 0.0892. The fourth-order valence-electron chi connectivity index (χ4n) is 3.98. The van der Waals surface area contributed by atoms with Crippen molar-refractivity contribution in [2.75, 3.05) is 18.4 Å². The van der Waals surface area contributed by atoms with Gasteiger partial charge >= 0.3 is 0 Å². The second-order valence-corrected chi connectivity index (χ2v) is 9.79. The van der Waals surface area contributed by atoms with Crippen molar-refractivity contribution < 1.29 is 14.3 Å². The summed E-state index contributed by atoms with van der Waals surface area (Å²) in [5.74, 6) is 11.8. The standard InChI is InChI=1S/C28H31FN10O2/c1-4-39(32)26(37-31)18-5-7-20(8-6-18)36-22-12-24(38-10-9-19-11-17(13-30)14-34-25(19)38)33-15-21(22)27(40)35-16-23(29)28(2,3)41/h5-12,14-15,23,41H,4,16,31-32H2,1-3H3,(H,33,36)(H,35,40)/b37-26-. The third kappa shape index (κ3) is 6.40. The molecule has 4 aromatic rings. The number of nitrogens with two attached hydrogens (primary N) is 2. The maximum absolute atomic E-state index is 14.3. The zero-order chi connectivity index (χ0) is 29.7. The molecule has 1 amide bonds. The zero-order valence-electron chi connectivity index (χ0n) is 22.8. The molecular formula is C28H31FN10O2. The van der Waals surface area contributed by atoms with Gasteiger partial charge < -0.3 is 21.6 Å². The van der Waals surface area contributed by atoms with Crippen LogP contribution in [0.5, 0.6) is 0 Å². The molecule has 0 spiro atoms. The number of aliphatic hydroxyl groups is 1. The minimum absolute atomic E-state index is 0.153. The molecule has 1 aromatic carbocycles. The van der Waals surface area contributed by atoms with Gasteiger partial charge in [-0.2, -0.15) is 10.4 Å². The van der Waals surface area contributed by atoms with E-state index in [0.717, 1.165) is 5.39 Å². The molecule has 7 N–H and O–H groups in total. The summed E-state index contributed by atoms with van der Waals surface area (Å²) in [5, 5.41) is 30.8. The van der Waals surface area contributed by atoms with Crippen LogP contribution in [0.3, 0.4) is 0 Å². The van der Waals surface area contributed by atoms with Gasteiger partial charge in [0.05, 0.1) is 29.0 Å². The number of anilines is 2. The summed E-state index contributed by atoms with van der Waals surface area (Å²) < 4.78 is 16.1. The van der Waals surface area contributed by atoms with Crippen LogP contribution in [-0.2, 0) is 0 Å². The number of benzene rings is 1. The van der Waals surface area contributed by atoms with E-state index >= 15 is 0 Å². The number of aromatic nitrogens is 3. The molecule has 1 atom stereocenters. The number of fused-ring (bicyclic) bond motifs is 1. The number of hydrogen-bond donors (Lipinski definition) is 5. The smallest absolute Gasteiger partial charge is 0.255 e. The fourth-order valence-corrected chi connectivity index (χ4v) is 3.98. The second kappa shape index (κ2) is 12.0. The third-order valence-corrected chi connectivity index (χ3v) is 6.40. The molecule has 0 saturated heterocycles. The Morgan fingerprint density at radius 2 is 1.98 bits per heavy atom. The van der Waals surface area contributed by atoms with E-state index in [-0.39, 0.29) is 12.1 Å². The number of nitrogens with zero attached hydrogens (tertiary/aromatic N) is 6. The lowest BCUT2D eigenvalue weighted by Crippen LogP contribution is -2.42. The van der Waals surface area contributed by atoms with Crippen molar-refractivity contribution in [2.24, 2.45) is 16.8 Å². The van der Waals surface area contributed by atoms with Crippen LogP contribution >= 0.6 is 0 Å². The molecule has 212 valence electrons. The highest BCUT2D eigenvalue weighted by Gasteiger charge is 2.27. The molecule has 0 aliphatic heterocycles. The van der Waals surface area contributed by atoms with Crippen LogP contribution in [0.2, 0.25) is 0 Å². The summed E-state index contributed by atoms with van der Waals surface area (Å²) in [7, 11) is 0. The van der Waals surface area contributed by atoms with Crippen molar-refractivity contribution in [1.29, 1.82) is 5.26 Å². The molecule has 3 aromatic heterocycles. The molecule has 0 aliphatic carbocycles. The molecule has 0 fully saturated rings. The normalized spacial score (nSPS) is 12.6. The maximum Gasteiger partial charge on any atom is 0.255 e. The van der Waals surface area contributed by atoms with E-state index in [9.17, 15) is 19.6 Å². The predicted molar refractivity (Wildman–Crippen MR) is 154 cm³/mol. The van der Waals surface area contributed by atoms with Gasteiger partial charge in [-0.15, -0.1) is 0 Å². The minimum atomic E-state index is -1.68. The van der Waals surface area contributed by atoms with Gasteiger partial charge in [0.2, 0.25) is 0 Å². The van der Waals surface area contributed by atoms with E-state index in [1.54, 1.807) is 47.2 Å². The van der Waals surface area contributed by atoms with Crippen LogP contribution < -0.4 is 22.3 Å². The van der Waals surface area contributed by atoms with Gasteiger partial charge in [0.15, 0.2) is 5.84 Å². The van der Waals surface area contributed by atoms with Crippen molar-refractivity contribution in [3.05, 3.63) is 77.7 Å². The number of carbonyl (C=O) groups excluding carboxylic acids is 1. The first-order valence-corrected chi connectivity index (χ1v) is 12.8. The first kappa shape index (κ1) is 28.9. The molecule has 0 radical (unpaired) electrons. The van der Waals surface area contributed by atoms with Crippen molar-refractivity contribution >= 4 is 34.2 Å². The molecule has 0 aliphatic rings. The number of pyridine rings is 2. The Hall–Kier alpha value is -5.06. The van der Waals surface area contributed by atoms with Gasteiger partial charge in [0.25, 0.3) is 5.91 Å². The number of amides is 1. The van der Waals surface area contributed by atoms with E-state index in [1.807, 2.05) is 13.0 Å². The molecule has 0 bridgehead atoms.